The molecular formula is C26H20FN7. The third-order valence-electron chi connectivity index (χ3n) is 5.86. The Balaban J connectivity index is 1.47. The summed E-state index contributed by atoms with van der Waals surface area (Å²) in [4.78, 5) is 19.3. The molecule has 1 aromatic carbocycles. The summed E-state index contributed by atoms with van der Waals surface area (Å²) >= 11 is 0. The molecule has 0 fully saturated rings. The lowest BCUT2D eigenvalue weighted by molar-refractivity contribution is 0.628. The molecule has 0 aliphatic rings. The number of nitrogens with zero attached hydrogens (tertiary/aromatic N) is 5. The van der Waals surface area contributed by atoms with Gasteiger partial charge >= 0.3 is 0 Å². The molecule has 7 nitrogen and oxygen atoms in total. The summed E-state index contributed by atoms with van der Waals surface area (Å²) in [7, 11) is 3.97. The molecule has 6 aromatic rings. The number of halogens is 1. The molecule has 0 aliphatic carbocycles. The smallest absolute Gasteiger partial charge is 0.135 e. The lowest BCUT2D eigenvalue weighted by atomic mass is 10.1. The number of benzene rings is 1. The Bertz CT molecular complexity index is 1650. The van der Waals surface area contributed by atoms with Crippen LogP contribution in [0.3, 0.4) is 0 Å². The number of hydrogen-bond donors (Lipinski definition) is 2. The van der Waals surface area contributed by atoms with Gasteiger partial charge in [-0.3, -0.25) is 15.1 Å². The van der Waals surface area contributed by atoms with Crippen LogP contribution in [-0.4, -0.2) is 44.2 Å². The predicted molar refractivity (Wildman–Crippen MR) is 132 cm³/mol. The number of hydrogen-bond acceptors (Lipinski definition) is 5. The van der Waals surface area contributed by atoms with E-state index in [2.05, 4.69) is 31.2 Å². The number of anilines is 1. The van der Waals surface area contributed by atoms with Crippen molar-refractivity contribution in [3.8, 4) is 33.9 Å². The number of aromatic amines is 2. The van der Waals surface area contributed by atoms with Crippen LogP contribution in [0.2, 0.25) is 0 Å². The molecule has 0 unspecified atom stereocenters. The summed E-state index contributed by atoms with van der Waals surface area (Å²) in [5.74, 6) is -0.276. The maximum absolute atomic E-state index is 13.4. The fourth-order valence-electron chi connectivity index (χ4n) is 4.08. The van der Waals surface area contributed by atoms with Crippen molar-refractivity contribution in [3.05, 3.63) is 79.0 Å². The Kier molecular flexibility index (Phi) is 4.58. The second-order valence-corrected chi connectivity index (χ2v) is 8.30. The van der Waals surface area contributed by atoms with Crippen molar-refractivity contribution in [1.82, 2.24) is 30.1 Å². The molecular weight excluding hydrogens is 429 g/mol. The van der Waals surface area contributed by atoms with Crippen molar-refractivity contribution in [2.75, 3.05) is 19.0 Å². The lowest BCUT2D eigenvalue weighted by Crippen LogP contribution is -2.08. The zero-order valence-corrected chi connectivity index (χ0v) is 18.5. The second kappa shape index (κ2) is 7.77. The van der Waals surface area contributed by atoms with E-state index in [1.165, 1.54) is 12.1 Å². The Labute approximate surface area is 194 Å². The van der Waals surface area contributed by atoms with Crippen LogP contribution in [0.25, 0.3) is 55.8 Å². The maximum Gasteiger partial charge on any atom is 0.135 e. The summed E-state index contributed by atoms with van der Waals surface area (Å²) < 4.78 is 13.4. The van der Waals surface area contributed by atoms with E-state index in [4.69, 9.17) is 4.98 Å². The van der Waals surface area contributed by atoms with E-state index in [0.29, 0.717) is 0 Å². The summed E-state index contributed by atoms with van der Waals surface area (Å²) in [5.41, 5.74) is 8.43. The molecule has 0 saturated heterocycles. The number of pyridine rings is 3. The first-order valence-electron chi connectivity index (χ1n) is 10.8. The zero-order chi connectivity index (χ0) is 23.2. The van der Waals surface area contributed by atoms with Crippen molar-refractivity contribution < 1.29 is 4.39 Å². The lowest BCUT2D eigenvalue weighted by Gasteiger charge is -2.12. The SMILES string of the molecule is CN(C)c1cncc(-c2ccc3[nH]nc(-c4cc5c(-c6ccc(F)cc6)nccc5[nH]4)c3n2)c1. The van der Waals surface area contributed by atoms with Crippen molar-refractivity contribution in [1.29, 1.82) is 0 Å². The molecule has 0 radical (unpaired) electrons. The predicted octanol–water partition coefficient (Wildman–Crippen LogP) is 5.44. The first kappa shape index (κ1) is 20.0. The van der Waals surface area contributed by atoms with Gasteiger partial charge in [0.25, 0.3) is 0 Å². The maximum atomic E-state index is 13.4. The van der Waals surface area contributed by atoms with Crippen molar-refractivity contribution >= 4 is 27.6 Å². The number of fused-ring (bicyclic) bond motifs is 2. The highest BCUT2D eigenvalue weighted by Crippen LogP contribution is 2.33. The molecule has 0 spiro atoms. The minimum absolute atomic E-state index is 0.276. The minimum Gasteiger partial charge on any atom is -0.376 e. The normalized spacial score (nSPS) is 11.4. The molecule has 0 amide bonds. The zero-order valence-electron chi connectivity index (χ0n) is 18.5. The van der Waals surface area contributed by atoms with Gasteiger partial charge in [0.1, 0.15) is 17.0 Å². The third kappa shape index (κ3) is 3.36. The molecule has 8 heteroatoms. The van der Waals surface area contributed by atoms with Crippen LogP contribution >= 0.6 is 0 Å². The highest BCUT2D eigenvalue weighted by atomic mass is 19.1. The van der Waals surface area contributed by atoms with Crippen molar-refractivity contribution in [3.63, 3.8) is 0 Å². The van der Waals surface area contributed by atoms with E-state index in [-0.39, 0.29) is 5.82 Å². The van der Waals surface area contributed by atoms with E-state index < -0.39 is 0 Å². The number of rotatable bonds is 4. The average molecular weight is 449 g/mol. The van der Waals surface area contributed by atoms with Crippen molar-refractivity contribution in [2.24, 2.45) is 0 Å². The Morgan fingerprint density at radius 1 is 0.853 bits per heavy atom. The van der Waals surface area contributed by atoms with E-state index in [1.54, 1.807) is 18.3 Å². The van der Waals surface area contributed by atoms with E-state index >= 15 is 0 Å². The van der Waals surface area contributed by atoms with E-state index in [1.807, 2.05) is 55.7 Å². The minimum atomic E-state index is -0.276. The Morgan fingerprint density at radius 3 is 2.53 bits per heavy atom. The van der Waals surface area contributed by atoms with Gasteiger partial charge in [0.05, 0.1) is 34.5 Å². The fraction of sp³-hybridized carbons (Fsp3) is 0.0769. The van der Waals surface area contributed by atoms with E-state index in [9.17, 15) is 4.39 Å². The summed E-state index contributed by atoms with van der Waals surface area (Å²) in [6.07, 6.45) is 5.37. The molecule has 5 aromatic heterocycles. The molecule has 0 atom stereocenters. The fourth-order valence-corrected chi connectivity index (χ4v) is 4.08. The Morgan fingerprint density at radius 2 is 1.71 bits per heavy atom. The van der Waals surface area contributed by atoms with E-state index in [0.717, 1.165) is 61.5 Å². The van der Waals surface area contributed by atoms with Crippen LogP contribution < -0.4 is 4.90 Å². The second-order valence-electron chi connectivity index (χ2n) is 8.30. The molecule has 5 heterocycles. The molecule has 0 saturated carbocycles. The average Bonchev–Trinajstić information content (AvgIpc) is 3.48. The van der Waals surface area contributed by atoms with Gasteiger partial charge in [-0.05, 0) is 54.6 Å². The van der Waals surface area contributed by atoms with Gasteiger partial charge in [0.15, 0.2) is 0 Å². The van der Waals surface area contributed by atoms with Crippen LogP contribution in [0, 0.1) is 5.82 Å². The first-order chi connectivity index (χ1) is 16.6. The highest BCUT2D eigenvalue weighted by Gasteiger charge is 2.16. The molecule has 34 heavy (non-hydrogen) atoms. The van der Waals surface area contributed by atoms with Gasteiger partial charge in [-0.15, -0.1) is 0 Å². The van der Waals surface area contributed by atoms with Gasteiger partial charge in [-0.2, -0.15) is 5.10 Å². The molecule has 2 N–H and O–H groups in total. The third-order valence-corrected chi connectivity index (χ3v) is 5.86. The van der Waals surface area contributed by atoms with Gasteiger partial charge in [-0.1, -0.05) is 0 Å². The number of nitrogens with one attached hydrogen (secondary N) is 2. The summed E-state index contributed by atoms with van der Waals surface area (Å²) in [5, 5.41) is 8.55. The summed E-state index contributed by atoms with van der Waals surface area (Å²) in [6, 6.07) is 16.3. The Hall–Kier alpha value is -4.59. The largest absolute Gasteiger partial charge is 0.376 e. The van der Waals surface area contributed by atoms with Crippen LogP contribution in [0.15, 0.2) is 73.2 Å². The van der Waals surface area contributed by atoms with Gasteiger partial charge in [0.2, 0.25) is 0 Å². The van der Waals surface area contributed by atoms with Crippen LogP contribution in [0.5, 0.6) is 0 Å². The van der Waals surface area contributed by atoms with Crippen LogP contribution in [-0.2, 0) is 0 Å². The number of aromatic nitrogens is 6. The van der Waals surface area contributed by atoms with Crippen LogP contribution in [0.1, 0.15) is 0 Å². The molecule has 166 valence electrons. The summed E-state index contributed by atoms with van der Waals surface area (Å²) in [6.45, 7) is 0. The number of H-pyrrole nitrogens is 2. The standard InChI is InChI=1S/C26H20FN7/c1-34(2)18-11-16(13-28-14-18)20-7-8-22-25(31-20)26(33-32-22)23-12-19-21(30-23)9-10-29-24(19)15-3-5-17(27)6-4-15/h3-14,30H,1-2H3,(H,32,33). The molecule has 0 bridgehead atoms. The molecule has 6 rings (SSSR count). The van der Waals surface area contributed by atoms with Gasteiger partial charge in [0, 0.05) is 48.5 Å². The molecule has 0 aliphatic heterocycles. The highest BCUT2D eigenvalue weighted by molar-refractivity contribution is 5.99. The van der Waals surface area contributed by atoms with Gasteiger partial charge in [-0.25, -0.2) is 9.37 Å². The van der Waals surface area contributed by atoms with Gasteiger partial charge < -0.3 is 9.88 Å². The monoisotopic (exact) mass is 449 g/mol. The first-order valence-corrected chi connectivity index (χ1v) is 10.8. The van der Waals surface area contributed by atoms with Crippen LogP contribution in [0.4, 0.5) is 10.1 Å². The van der Waals surface area contributed by atoms with Crippen molar-refractivity contribution in [2.45, 2.75) is 0 Å². The topological polar surface area (TPSA) is 86.4 Å². The quantitative estimate of drug-likeness (QED) is 0.375.